The Morgan fingerprint density at radius 3 is 2.47 bits per heavy atom. The van der Waals surface area contributed by atoms with Crippen molar-refractivity contribution in [3.63, 3.8) is 0 Å². The molecule has 19 heavy (non-hydrogen) atoms. The first-order valence-electron chi connectivity index (χ1n) is 7.60. The topological polar surface area (TPSA) is 3.24 Å². The Morgan fingerprint density at radius 2 is 1.89 bits per heavy atom. The molecule has 0 spiro atoms. The molecule has 1 atom stereocenters. The second kappa shape index (κ2) is 6.91. The minimum Gasteiger partial charge on any atom is -0.299 e. The third kappa shape index (κ3) is 4.21. The Kier molecular flexibility index (Phi) is 5.21. The van der Waals surface area contributed by atoms with Crippen LogP contribution in [0.5, 0.6) is 0 Å². The smallest absolute Gasteiger partial charge is 0.0233 e. The summed E-state index contributed by atoms with van der Waals surface area (Å²) in [7, 11) is 2.25. The van der Waals surface area contributed by atoms with Gasteiger partial charge in [-0.2, -0.15) is 0 Å². The molecule has 0 aromatic heterocycles. The van der Waals surface area contributed by atoms with E-state index in [0.29, 0.717) is 6.04 Å². The van der Waals surface area contributed by atoms with E-state index in [4.69, 9.17) is 0 Å². The maximum absolute atomic E-state index is 3.80. The molecule has 1 unspecified atom stereocenters. The molecule has 0 N–H and O–H groups in total. The normalized spacial score (nSPS) is 17.8. The summed E-state index contributed by atoms with van der Waals surface area (Å²) in [5.41, 5.74) is 2.59. The van der Waals surface area contributed by atoms with E-state index in [2.05, 4.69) is 49.7 Å². The first kappa shape index (κ1) is 14.3. The van der Waals surface area contributed by atoms with Crippen LogP contribution >= 0.6 is 0 Å². The maximum Gasteiger partial charge on any atom is 0.0233 e. The summed E-state index contributed by atoms with van der Waals surface area (Å²) < 4.78 is 0. The molecular formula is C18H27N. The Bertz CT molecular complexity index is 387. The van der Waals surface area contributed by atoms with E-state index >= 15 is 0 Å². The van der Waals surface area contributed by atoms with Gasteiger partial charge in [0, 0.05) is 12.6 Å². The van der Waals surface area contributed by atoms with Gasteiger partial charge in [-0.05, 0) is 37.4 Å². The highest BCUT2D eigenvalue weighted by atomic mass is 15.1. The molecule has 1 saturated carbocycles. The van der Waals surface area contributed by atoms with Crippen LogP contribution in [-0.4, -0.2) is 18.0 Å². The van der Waals surface area contributed by atoms with Crippen molar-refractivity contribution in [1.29, 1.82) is 0 Å². The largest absolute Gasteiger partial charge is 0.299 e. The SMILES string of the molecule is C=Cc1ccc(CN(C)C(C)CC2CCCC2)cc1. The fourth-order valence-electron chi connectivity index (χ4n) is 3.11. The Morgan fingerprint density at radius 1 is 1.26 bits per heavy atom. The summed E-state index contributed by atoms with van der Waals surface area (Å²) in [5.74, 6) is 0.973. The second-order valence-corrected chi connectivity index (χ2v) is 6.10. The fraction of sp³-hybridized carbons (Fsp3) is 0.556. The van der Waals surface area contributed by atoms with Crippen molar-refractivity contribution in [3.05, 3.63) is 42.0 Å². The van der Waals surface area contributed by atoms with Crippen molar-refractivity contribution in [3.8, 4) is 0 Å². The van der Waals surface area contributed by atoms with Crippen LogP contribution in [0.25, 0.3) is 6.08 Å². The van der Waals surface area contributed by atoms with E-state index in [1.54, 1.807) is 0 Å². The molecule has 0 bridgehead atoms. The van der Waals surface area contributed by atoms with Crippen LogP contribution < -0.4 is 0 Å². The summed E-state index contributed by atoms with van der Waals surface area (Å²) in [6.45, 7) is 7.22. The summed E-state index contributed by atoms with van der Waals surface area (Å²) in [5, 5.41) is 0. The fourth-order valence-corrected chi connectivity index (χ4v) is 3.11. The van der Waals surface area contributed by atoms with Crippen molar-refractivity contribution >= 4 is 6.08 Å². The molecule has 1 nitrogen and oxygen atoms in total. The predicted molar refractivity (Wildman–Crippen MR) is 84.0 cm³/mol. The molecule has 2 rings (SSSR count). The highest BCUT2D eigenvalue weighted by Crippen LogP contribution is 2.29. The van der Waals surface area contributed by atoms with E-state index < -0.39 is 0 Å². The molecule has 1 fully saturated rings. The van der Waals surface area contributed by atoms with E-state index in [0.717, 1.165) is 12.5 Å². The monoisotopic (exact) mass is 257 g/mol. The lowest BCUT2D eigenvalue weighted by molar-refractivity contribution is 0.213. The molecular weight excluding hydrogens is 230 g/mol. The number of hydrogen-bond donors (Lipinski definition) is 0. The molecule has 1 aliphatic rings. The summed E-state index contributed by atoms with van der Waals surface area (Å²) in [6.07, 6.45) is 9.06. The van der Waals surface area contributed by atoms with Crippen molar-refractivity contribution in [1.82, 2.24) is 4.90 Å². The van der Waals surface area contributed by atoms with Gasteiger partial charge in [0.05, 0.1) is 0 Å². The lowest BCUT2D eigenvalue weighted by Crippen LogP contribution is -2.30. The van der Waals surface area contributed by atoms with Gasteiger partial charge in [0.1, 0.15) is 0 Å². The van der Waals surface area contributed by atoms with E-state index in [9.17, 15) is 0 Å². The molecule has 0 aliphatic heterocycles. The molecule has 1 aliphatic carbocycles. The molecule has 0 heterocycles. The van der Waals surface area contributed by atoms with Crippen LogP contribution in [0.2, 0.25) is 0 Å². The van der Waals surface area contributed by atoms with Crippen LogP contribution in [0.4, 0.5) is 0 Å². The van der Waals surface area contributed by atoms with Gasteiger partial charge in [0.15, 0.2) is 0 Å². The van der Waals surface area contributed by atoms with Crippen molar-refractivity contribution < 1.29 is 0 Å². The van der Waals surface area contributed by atoms with Crippen LogP contribution in [0, 0.1) is 5.92 Å². The van der Waals surface area contributed by atoms with Gasteiger partial charge in [-0.3, -0.25) is 4.90 Å². The molecule has 0 radical (unpaired) electrons. The minimum absolute atomic E-state index is 0.683. The summed E-state index contributed by atoms with van der Waals surface area (Å²) >= 11 is 0. The van der Waals surface area contributed by atoms with Gasteiger partial charge in [0.2, 0.25) is 0 Å². The van der Waals surface area contributed by atoms with Gasteiger partial charge in [-0.25, -0.2) is 0 Å². The summed E-state index contributed by atoms with van der Waals surface area (Å²) in [6, 6.07) is 9.42. The first-order valence-corrected chi connectivity index (χ1v) is 7.60. The lowest BCUT2D eigenvalue weighted by atomic mass is 9.98. The number of hydrogen-bond acceptors (Lipinski definition) is 1. The van der Waals surface area contributed by atoms with Gasteiger partial charge < -0.3 is 0 Å². The quantitative estimate of drug-likeness (QED) is 0.712. The molecule has 104 valence electrons. The molecule has 1 aromatic carbocycles. The van der Waals surface area contributed by atoms with Crippen LogP contribution in [0.3, 0.4) is 0 Å². The highest BCUT2D eigenvalue weighted by molar-refractivity contribution is 5.47. The van der Waals surface area contributed by atoms with E-state index in [-0.39, 0.29) is 0 Å². The third-order valence-corrected chi connectivity index (χ3v) is 4.55. The Labute approximate surface area is 118 Å². The number of nitrogens with zero attached hydrogens (tertiary/aromatic N) is 1. The zero-order valence-corrected chi connectivity index (χ0v) is 12.4. The van der Waals surface area contributed by atoms with Gasteiger partial charge in [-0.15, -0.1) is 0 Å². The number of benzene rings is 1. The lowest BCUT2D eigenvalue weighted by Gasteiger charge is -2.27. The zero-order chi connectivity index (χ0) is 13.7. The standard InChI is InChI=1S/C18H27N/c1-4-16-9-11-18(12-10-16)14-19(3)15(2)13-17-7-5-6-8-17/h4,9-12,15,17H,1,5-8,13-14H2,2-3H3. The van der Waals surface area contributed by atoms with Crippen LogP contribution in [-0.2, 0) is 6.54 Å². The van der Waals surface area contributed by atoms with E-state index in [1.807, 2.05) is 6.08 Å². The molecule has 0 amide bonds. The molecule has 1 heteroatoms. The Balaban J connectivity index is 1.84. The highest BCUT2D eigenvalue weighted by Gasteiger charge is 2.19. The van der Waals surface area contributed by atoms with Gasteiger partial charge in [-0.1, -0.05) is 62.6 Å². The van der Waals surface area contributed by atoms with Crippen LogP contribution in [0.1, 0.15) is 50.2 Å². The molecule has 1 aromatic rings. The maximum atomic E-state index is 3.80. The van der Waals surface area contributed by atoms with Crippen molar-refractivity contribution in [2.24, 2.45) is 5.92 Å². The third-order valence-electron chi connectivity index (χ3n) is 4.55. The first-order chi connectivity index (χ1) is 9.19. The minimum atomic E-state index is 0.683. The number of rotatable bonds is 6. The average Bonchev–Trinajstić information content (AvgIpc) is 2.92. The van der Waals surface area contributed by atoms with E-state index in [1.165, 1.54) is 43.2 Å². The van der Waals surface area contributed by atoms with Crippen molar-refractivity contribution in [2.45, 2.75) is 51.6 Å². The molecule has 0 saturated heterocycles. The predicted octanol–water partition coefficient (Wildman–Crippen LogP) is 4.73. The zero-order valence-electron chi connectivity index (χ0n) is 12.4. The van der Waals surface area contributed by atoms with Crippen LogP contribution in [0.15, 0.2) is 30.8 Å². The van der Waals surface area contributed by atoms with Crippen molar-refractivity contribution in [2.75, 3.05) is 7.05 Å². The second-order valence-electron chi connectivity index (χ2n) is 6.10. The average molecular weight is 257 g/mol. The van der Waals surface area contributed by atoms with Gasteiger partial charge >= 0.3 is 0 Å². The van der Waals surface area contributed by atoms with Gasteiger partial charge in [0.25, 0.3) is 0 Å². The summed E-state index contributed by atoms with van der Waals surface area (Å²) in [4.78, 5) is 2.49. The Hall–Kier alpha value is -1.08.